The van der Waals surface area contributed by atoms with Crippen molar-refractivity contribution < 1.29 is 4.79 Å². The van der Waals surface area contributed by atoms with Crippen molar-refractivity contribution in [3.63, 3.8) is 0 Å². The maximum Gasteiger partial charge on any atom is 0.276 e. The Hall–Kier alpha value is -2.30. The number of rotatable bonds is 3. The Morgan fingerprint density at radius 1 is 1.42 bits per heavy atom. The van der Waals surface area contributed by atoms with Crippen molar-refractivity contribution in [3.8, 4) is 0 Å². The second-order valence-corrected chi connectivity index (χ2v) is 4.69. The average Bonchev–Trinajstić information content (AvgIpc) is 2.70. The van der Waals surface area contributed by atoms with E-state index in [1.165, 1.54) is 0 Å². The maximum atomic E-state index is 12.3. The van der Waals surface area contributed by atoms with Crippen LogP contribution in [0.5, 0.6) is 0 Å². The molecule has 1 aromatic heterocycles. The molecule has 0 aliphatic carbocycles. The number of carbonyl (C=O) groups excluding carboxylic acids is 1. The third kappa shape index (κ3) is 2.76. The molecule has 0 spiro atoms. The molecule has 1 heterocycles. The number of hydrogen-bond acceptors (Lipinski definition) is 3. The lowest BCUT2D eigenvalue weighted by Crippen LogP contribution is -2.27. The Bertz CT molecular complexity index is 603. The second-order valence-electron chi connectivity index (χ2n) is 4.69. The molecule has 0 aliphatic rings. The number of amides is 1. The largest absolute Gasteiger partial charge is 0.396 e. The SMILES string of the molecule is Cc1ccccc1CN(C)C(=O)c1nn(C)cc1N. The van der Waals surface area contributed by atoms with Gasteiger partial charge < -0.3 is 10.6 Å². The lowest BCUT2D eigenvalue weighted by atomic mass is 10.1. The molecule has 0 atom stereocenters. The number of nitrogen functional groups attached to an aromatic ring is 1. The molecule has 0 radical (unpaired) electrons. The zero-order valence-corrected chi connectivity index (χ0v) is 11.4. The first-order valence-corrected chi connectivity index (χ1v) is 6.08. The minimum atomic E-state index is -0.165. The number of hydrogen-bond donors (Lipinski definition) is 1. The van der Waals surface area contributed by atoms with Gasteiger partial charge in [0, 0.05) is 26.8 Å². The molecule has 0 aliphatic heterocycles. The fraction of sp³-hybridized carbons (Fsp3) is 0.286. The third-order valence-corrected chi connectivity index (χ3v) is 3.08. The Morgan fingerprint density at radius 2 is 2.11 bits per heavy atom. The predicted molar refractivity (Wildman–Crippen MR) is 74.6 cm³/mol. The smallest absolute Gasteiger partial charge is 0.276 e. The molecule has 100 valence electrons. The summed E-state index contributed by atoms with van der Waals surface area (Å²) < 4.78 is 1.55. The van der Waals surface area contributed by atoms with Crippen molar-refractivity contribution in [3.05, 3.63) is 47.3 Å². The number of nitrogens with zero attached hydrogens (tertiary/aromatic N) is 3. The average molecular weight is 258 g/mol. The van der Waals surface area contributed by atoms with E-state index in [4.69, 9.17) is 5.73 Å². The summed E-state index contributed by atoms with van der Waals surface area (Å²) >= 11 is 0. The fourth-order valence-corrected chi connectivity index (χ4v) is 1.97. The molecule has 0 saturated heterocycles. The normalized spacial score (nSPS) is 10.5. The van der Waals surface area contributed by atoms with Gasteiger partial charge in [0.25, 0.3) is 5.91 Å². The van der Waals surface area contributed by atoms with Crippen LogP contribution in [-0.2, 0) is 13.6 Å². The summed E-state index contributed by atoms with van der Waals surface area (Å²) in [5.41, 5.74) is 8.76. The van der Waals surface area contributed by atoms with E-state index in [2.05, 4.69) is 5.10 Å². The number of nitrogens with two attached hydrogens (primary N) is 1. The van der Waals surface area contributed by atoms with Crippen LogP contribution in [0.3, 0.4) is 0 Å². The first kappa shape index (κ1) is 13.1. The van der Waals surface area contributed by atoms with Crippen molar-refractivity contribution >= 4 is 11.6 Å². The standard InChI is InChI=1S/C14H18N4O/c1-10-6-4-5-7-11(10)8-17(2)14(19)13-12(15)9-18(3)16-13/h4-7,9H,8,15H2,1-3H3. The van der Waals surface area contributed by atoms with Gasteiger partial charge in [-0.25, -0.2) is 0 Å². The van der Waals surface area contributed by atoms with Gasteiger partial charge in [-0.15, -0.1) is 0 Å². The van der Waals surface area contributed by atoms with E-state index in [0.29, 0.717) is 17.9 Å². The Labute approximate surface area is 112 Å². The van der Waals surface area contributed by atoms with Crippen LogP contribution in [-0.4, -0.2) is 27.6 Å². The zero-order chi connectivity index (χ0) is 14.0. The zero-order valence-electron chi connectivity index (χ0n) is 11.4. The molecule has 2 aromatic rings. The van der Waals surface area contributed by atoms with Crippen LogP contribution in [0, 0.1) is 6.92 Å². The van der Waals surface area contributed by atoms with Crippen molar-refractivity contribution in [1.82, 2.24) is 14.7 Å². The molecular formula is C14H18N4O. The van der Waals surface area contributed by atoms with Crippen LogP contribution in [0.4, 0.5) is 5.69 Å². The highest BCUT2D eigenvalue weighted by Crippen LogP contribution is 2.14. The van der Waals surface area contributed by atoms with E-state index in [0.717, 1.165) is 11.1 Å². The van der Waals surface area contributed by atoms with E-state index in [-0.39, 0.29) is 5.91 Å². The highest BCUT2D eigenvalue weighted by Gasteiger charge is 2.18. The minimum absolute atomic E-state index is 0.165. The monoisotopic (exact) mass is 258 g/mol. The molecule has 1 aromatic carbocycles. The van der Waals surface area contributed by atoms with Gasteiger partial charge in [-0.3, -0.25) is 9.48 Å². The highest BCUT2D eigenvalue weighted by atomic mass is 16.2. The van der Waals surface area contributed by atoms with Crippen molar-refractivity contribution in [2.45, 2.75) is 13.5 Å². The molecule has 2 rings (SSSR count). The highest BCUT2D eigenvalue weighted by molar-refractivity contribution is 5.96. The van der Waals surface area contributed by atoms with Gasteiger partial charge in [0.2, 0.25) is 0 Å². The quantitative estimate of drug-likeness (QED) is 0.909. The number of benzene rings is 1. The third-order valence-electron chi connectivity index (χ3n) is 3.08. The van der Waals surface area contributed by atoms with Crippen molar-refractivity contribution in [2.24, 2.45) is 7.05 Å². The molecule has 19 heavy (non-hydrogen) atoms. The number of aromatic nitrogens is 2. The molecule has 1 amide bonds. The Morgan fingerprint density at radius 3 is 2.68 bits per heavy atom. The van der Waals surface area contributed by atoms with E-state index in [9.17, 15) is 4.79 Å². The van der Waals surface area contributed by atoms with Gasteiger partial charge in [0.15, 0.2) is 5.69 Å². The van der Waals surface area contributed by atoms with Gasteiger partial charge in [0.1, 0.15) is 0 Å². The molecule has 2 N–H and O–H groups in total. The molecule has 5 heteroatoms. The summed E-state index contributed by atoms with van der Waals surface area (Å²) in [6.07, 6.45) is 1.63. The summed E-state index contributed by atoms with van der Waals surface area (Å²) in [6, 6.07) is 8.00. The van der Waals surface area contributed by atoms with E-state index in [1.54, 1.807) is 29.9 Å². The summed E-state index contributed by atoms with van der Waals surface area (Å²) in [7, 11) is 3.50. The topological polar surface area (TPSA) is 64.2 Å². The number of aryl methyl sites for hydroxylation is 2. The second kappa shape index (κ2) is 5.14. The van der Waals surface area contributed by atoms with Crippen LogP contribution in [0.1, 0.15) is 21.6 Å². The van der Waals surface area contributed by atoms with E-state index < -0.39 is 0 Å². The van der Waals surface area contributed by atoms with Crippen LogP contribution in [0.25, 0.3) is 0 Å². The summed E-state index contributed by atoms with van der Waals surface area (Å²) in [5, 5.41) is 4.10. The minimum Gasteiger partial charge on any atom is -0.396 e. The molecule has 0 fully saturated rings. The lowest BCUT2D eigenvalue weighted by molar-refractivity contribution is 0.0779. The van der Waals surface area contributed by atoms with Crippen molar-refractivity contribution in [2.75, 3.05) is 12.8 Å². The Balaban J connectivity index is 2.16. The van der Waals surface area contributed by atoms with Gasteiger partial charge in [-0.2, -0.15) is 5.10 Å². The first-order valence-electron chi connectivity index (χ1n) is 6.08. The summed E-state index contributed by atoms with van der Waals surface area (Å²) in [5.74, 6) is -0.165. The predicted octanol–water partition coefficient (Wildman–Crippen LogP) is 1.58. The molecule has 5 nitrogen and oxygen atoms in total. The van der Waals surface area contributed by atoms with Gasteiger partial charge in [0.05, 0.1) is 5.69 Å². The number of anilines is 1. The maximum absolute atomic E-state index is 12.3. The van der Waals surface area contributed by atoms with Crippen LogP contribution < -0.4 is 5.73 Å². The summed E-state index contributed by atoms with van der Waals surface area (Å²) in [4.78, 5) is 13.9. The molecular weight excluding hydrogens is 240 g/mol. The summed E-state index contributed by atoms with van der Waals surface area (Å²) in [6.45, 7) is 2.57. The number of carbonyl (C=O) groups is 1. The van der Waals surface area contributed by atoms with E-state index >= 15 is 0 Å². The van der Waals surface area contributed by atoms with Crippen molar-refractivity contribution in [1.29, 1.82) is 0 Å². The lowest BCUT2D eigenvalue weighted by Gasteiger charge is -2.17. The first-order chi connectivity index (χ1) is 8.99. The van der Waals surface area contributed by atoms with E-state index in [1.807, 2.05) is 31.2 Å². The van der Waals surface area contributed by atoms with Crippen LogP contribution in [0.15, 0.2) is 30.5 Å². The van der Waals surface area contributed by atoms with Gasteiger partial charge >= 0.3 is 0 Å². The van der Waals surface area contributed by atoms with Gasteiger partial charge in [-0.1, -0.05) is 24.3 Å². The Kier molecular flexibility index (Phi) is 3.55. The van der Waals surface area contributed by atoms with Gasteiger partial charge in [-0.05, 0) is 18.1 Å². The molecule has 0 bridgehead atoms. The molecule has 0 saturated carbocycles. The van der Waals surface area contributed by atoms with Crippen LogP contribution in [0.2, 0.25) is 0 Å². The fourth-order valence-electron chi connectivity index (χ4n) is 1.97. The van der Waals surface area contributed by atoms with Crippen LogP contribution >= 0.6 is 0 Å². The molecule has 0 unspecified atom stereocenters.